The zero-order valence-corrected chi connectivity index (χ0v) is 27.5. The van der Waals surface area contributed by atoms with Gasteiger partial charge in [0.25, 0.3) is 11.8 Å². The second kappa shape index (κ2) is 14.9. The van der Waals surface area contributed by atoms with Crippen molar-refractivity contribution in [1.82, 2.24) is 20.3 Å². The zero-order valence-electron chi connectivity index (χ0n) is 26.7. The van der Waals surface area contributed by atoms with Crippen molar-refractivity contribution in [2.75, 3.05) is 41.0 Å². The van der Waals surface area contributed by atoms with Crippen LogP contribution in [0.5, 0.6) is 23.0 Å². The predicted octanol–water partition coefficient (Wildman–Crippen LogP) is 2.17. The van der Waals surface area contributed by atoms with Crippen molar-refractivity contribution in [3.05, 3.63) is 77.1 Å². The molecule has 5 rings (SSSR count). The van der Waals surface area contributed by atoms with Crippen LogP contribution in [0.15, 0.2) is 59.5 Å². The number of fused-ring (bicyclic) bond motifs is 5. The summed E-state index contributed by atoms with van der Waals surface area (Å²) < 4.78 is 66.2. The molecule has 15 heteroatoms. The van der Waals surface area contributed by atoms with Gasteiger partial charge in [-0.3, -0.25) is 14.4 Å². The average Bonchev–Trinajstić information content (AvgIpc) is 3.08. The van der Waals surface area contributed by atoms with E-state index in [1.54, 1.807) is 24.3 Å². The maximum atomic E-state index is 14.7. The van der Waals surface area contributed by atoms with Gasteiger partial charge in [-0.15, -0.1) is 0 Å². The van der Waals surface area contributed by atoms with Crippen LogP contribution in [-0.2, 0) is 32.6 Å². The van der Waals surface area contributed by atoms with Crippen molar-refractivity contribution >= 4 is 27.7 Å². The van der Waals surface area contributed by atoms with E-state index in [4.69, 9.17) is 18.9 Å². The largest absolute Gasteiger partial charge is 0.496 e. The molecule has 3 N–H and O–H groups in total. The second-order valence-electron chi connectivity index (χ2n) is 11.3. The first-order valence-electron chi connectivity index (χ1n) is 15.2. The Morgan fingerprint density at radius 3 is 2.50 bits per heavy atom. The summed E-state index contributed by atoms with van der Waals surface area (Å²) in [7, 11) is 0.0911. The van der Waals surface area contributed by atoms with Crippen LogP contribution in [0.25, 0.3) is 0 Å². The molecule has 0 unspecified atom stereocenters. The Balaban J connectivity index is 1.45. The molecule has 48 heavy (non-hydrogen) atoms. The normalized spacial score (nSPS) is 19.2. The molecule has 0 spiro atoms. The number of nitrogens with one attached hydrogen (secondary N) is 3. The van der Waals surface area contributed by atoms with Crippen molar-refractivity contribution in [3.63, 3.8) is 0 Å². The summed E-state index contributed by atoms with van der Waals surface area (Å²) >= 11 is 0. The molecule has 2 aliphatic rings. The zero-order chi connectivity index (χ0) is 34.4. The lowest BCUT2D eigenvalue weighted by Crippen LogP contribution is -2.58. The third-order valence-electron chi connectivity index (χ3n) is 8.07. The summed E-state index contributed by atoms with van der Waals surface area (Å²) in [5, 5.41) is 8.10. The molecule has 3 amide bonds. The van der Waals surface area contributed by atoms with E-state index in [1.807, 2.05) is 0 Å². The first-order chi connectivity index (χ1) is 23.0. The van der Waals surface area contributed by atoms with Gasteiger partial charge in [-0.05, 0) is 60.0 Å². The Hall–Kier alpha value is -4.89. The molecule has 4 bridgehead atoms. The molecule has 1 saturated heterocycles. The lowest BCUT2D eigenvalue weighted by Gasteiger charge is -2.38. The van der Waals surface area contributed by atoms with E-state index in [0.29, 0.717) is 23.5 Å². The van der Waals surface area contributed by atoms with Crippen LogP contribution < -0.4 is 34.9 Å². The molecule has 256 valence electrons. The summed E-state index contributed by atoms with van der Waals surface area (Å²) in [4.78, 5) is 38.2. The minimum atomic E-state index is -4.16. The van der Waals surface area contributed by atoms with Gasteiger partial charge >= 0.3 is 0 Å². The van der Waals surface area contributed by atoms with E-state index >= 15 is 0 Å². The number of hydrogen-bond donors (Lipinski definition) is 3. The molecule has 0 aromatic heterocycles. The summed E-state index contributed by atoms with van der Waals surface area (Å²) in [5.41, 5.74) is 1.28. The highest BCUT2D eigenvalue weighted by molar-refractivity contribution is 7.89. The highest BCUT2D eigenvalue weighted by atomic mass is 32.2. The molecule has 1 fully saturated rings. The summed E-state index contributed by atoms with van der Waals surface area (Å²) in [6.07, 6.45) is -0.0960. The Bertz CT molecular complexity index is 1800. The number of piperidine rings is 1. The highest BCUT2D eigenvalue weighted by Gasteiger charge is 2.38. The van der Waals surface area contributed by atoms with E-state index in [0.717, 1.165) is 5.56 Å². The van der Waals surface area contributed by atoms with Gasteiger partial charge in [0.1, 0.15) is 23.4 Å². The smallest absolute Gasteiger partial charge is 0.258 e. The van der Waals surface area contributed by atoms with E-state index in [1.165, 1.54) is 55.9 Å². The van der Waals surface area contributed by atoms with Gasteiger partial charge in [0.15, 0.2) is 18.1 Å². The van der Waals surface area contributed by atoms with Crippen molar-refractivity contribution in [1.29, 1.82) is 0 Å². The number of hydrogen-bond acceptors (Lipinski definition) is 9. The fourth-order valence-corrected chi connectivity index (χ4v) is 7.11. The molecule has 3 aromatic carbocycles. The number of halogens is 1. The number of rotatable bonds is 5. The Kier molecular flexibility index (Phi) is 10.7. The maximum Gasteiger partial charge on any atom is 0.258 e. The van der Waals surface area contributed by atoms with Crippen LogP contribution in [0.3, 0.4) is 0 Å². The molecule has 3 aromatic rings. The minimum Gasteiger partial charge on any atom is -0.496 e. The van der Waals surface area contributed by atoms with E-state index in [-0.39, 0.29) is 60.3 Å². The van der Waals surface area contributed by atoms with Gasteiger partial charge in [-0.25, -0.2) is 12.8 Å². The summed E-state index contributed by atoms with van der Waals surface area (Å²) in [5.74, 6) is -0.877. The summed E-state index contributed by atoms with van der Waals surface area (Å²) in [6.45, 7) is -0.578. The SMILES string of the molecule is CNC(=O)c1cc(S(=O)(=O)N2CC[C@H]3Oc4cc(F)cc(c4)CNC(=O)CCc4ccc(OC)c(c4)OCC(=O)N[C@@H]3C2)ccc1OC. The number of carbonyl (C=O) groups excluding carboxylic acids is 3. The number of ether oxygens (including phenoxy) is 4. The predicted molar refractivity (Wildman–Crippen MR) is 171 cm³/mol. The third kappa shape index (κ3) is 7.97. The fraction of sp³-hybridized carbons (Fsp3) is 0.364. The first-order valence-corrected chi connectivity index (χ1v) is 16.7. The van der Waals surface area contributed by atoms with Crippen LogP contribution in [0.1, 0.15) is 34.3 Å². The summed E-state index contributed by atoms with van der Waals surface area (Å²) in [6, 6.07) is 12.3. The van der Waals surface area contributed by atoms with Gasteiger partial charge in [-0.2, -0.15) is 4.31 Å². The third-order valence-corrected chi connectivity index (χ3v) is 9.94. The second-order valence-corrected chi connectivity index (χ2v) is 13.2. The van der Waals surface area contributed by atoms with Gasteiger partial charge in [0.2, 0.25) is 15.9 Å². The van der Waals surface area contributed by atoms with Gasteiger partial charge < -0.3 is 34.9 Å². The number of sulfonamides is 1. The fourth-order valence-electron chi connectivity index (χ4n) is 5.60. The highest BCUT2D eigenvalue weighted by Crippen LogP contribution is 2.30. The van der Waals surface area contributed by atoms with Crippen LogP contribution in [-0.4, -0.2) is 83.6 Å². The van der Waals surface area contributed by atoms with Crippen LogP contribution in [0.2, 0.25) is 0 Å². The van der Waals surface area contributed by atoms with Crippen LogP contribution in [0, 0.1) is 5.82 Å². The molecular formula is C33H37FN4O9S. The lowest BCUT2D eigenvalue weighted by molar-refractivity contribution is -0.125. The number of amides is 3. The van der Waals surface area contributed by atoms with Crippen molar-refractivity contribution in [3.8, 4) is 23.0 Å². The van der Waals surface area contributed by atoms with Crippen LogP contribution in [0.4, 0.5) is 4.39 Å². The molecule has 2 atom stereocenters. The maximum absolute atomic E-state index is 14.7. The molecule has 2 aliphatic heterocycles. The number of aryl methyl sites for hydroxylation is 1. The Morgan fingerprint density at radius 2 is 1.75 bits per heavy atom. The standard InChI is InChI=1S/C33H37FN4O9S/c1-35-33(41)25-16-24(6-8-27(25)44-2)48(42,43)38-11-10-28-26(18-38)37-32(40)19-46-30-14-20(4-7-29(30)45-3)5-9-31(39)36-17-21-12-22(34)15-23(13-21)47-28/h4,6-8,12-16,26,28H,5,9-11,17-19H2,1-3H3,(H,35,41)(H,36,39)(H,37,40)/t26-,28-/m1/s1. The molecule has 0 radical (unpaired) electrons. The monoisotopic (exact) mass is 684 g/mol. The van der Waals surface area contributed by atoms with Crippen molar-refractivity contribution in [2.24, 2.45) is 0 Å². The van der Waals surface area contributed by atoms with Crippen molar-refractivity contribution in [2.45, 2.75) is 42.8 Å². The van der Waals surface area contributed by atoms with E-state index < -0.39 is 46.4 Å². The number of methoxy groups -OCH3 is 2. The van der Waals surface area contributed by atoms with E-state index in [9.17, 15) is 27.2 Å². The van der Waals surface area contributed by atoms with E-state index in [2.05, 4.69) is 16.0 Å². The van der Waals surface area contributed by atoms with Crippen LogP contribution >= 0.6 is 0 Å². The lowest BCUT2D eigenvalue weighted by atomic mass is 10.0. The number of benzene rings is 3. The topological polar surface area (TPSA) is 162 Å². The van der Waals surface area contributed by atoms with Gasteiger partial charge in [-0.1, -0.05) is 6.07 Å². The Morgan fingerprint density at radius 1 is 0.979 bits per heavy atom. The minimum absolute atomic E-state index is 0.000567. The molecule has 2 heterocycles. The first kappa shape index (κ1) is 34.4. The number of nitrogens with zero attached hydrogens (tertiary/aromatic N) is 1. The number of carbonyl (C=O) groups is 3. The molecular weight excluding hydrogens is 647 g/mol. The average molecular weight is 685 g/mol. The quantitative estimate of drug-likeness (QED) is 0.366. The molecule has 0 aliphatic carbocycles. The molecule has 0 saturated carbocycles. The van der Waals surface area contributed by atoms with Gasteiger partial charge in [0.05, 0.1) is 30.7 Å². The Labute approximate surface area is 277 Å². The molecule has 13 nitrogen and oxygen atoms in total. The van der Waals surface area contributed by atoms with Gasteiger partial charge in [0, 0.05) is 45.6 Å². The van der Waals surface area contributed by atoms with Crippen molar-refractivity contribution < 1.29 is 46.1 Å².